The van der Waals surface area contributed by atoms with Crippen molar-refractivity contribution in [1.82, 2.24) is 4.98 Å². The lowest BCUT2D eigenvalue weighted by molar-refractivity contribution is 0.0993. The number of carbonyl (C=O) groups excluding carboxylic acids is 1. The molecule has 0 atom stereocenters. The number of nitrogens with two attached hydrogens (primary N) is 1. The molecule has 0 radical (unpaired) electrons. The standard InChI is InChI=1S/C15H16FN3O/c1-3-12-7-10(8-14(17)18-12)15(20)19(2)13-6-4-5-11(16)9-13/h4-9H,3H2,1-2H3,(H2,17,18). The summed E-state index contributed by atoms with van der Waals surface area (Å²) in [5.74, 6) is -0.328. The SMILES string of the molecule is CCc1cc(C(=O)N(C)c2cccc(F)c2)cc(N)n1. The van der Waals surface area contributed by atoms with Crippen molar-refractivity contribution in [2.24, 2.45) is 0 Å². The zero-order valence-corrected chi connectivity index (χ0v) is 11.4. The maximum absolute atomic E-state index is 13.2. The van der Waals surface area contributed by atoms with Crippen molar-refractivity contribution in [3.8, 4) is 0 Å². The summed E-state index contributed by atoms with van der Waals surface area (Å²) in [6.07, 6.45) is 0.689. The lowest BCUT2D eigenvalue weighted by Crippen LogP contribution is -2.26. The lowest BCUT2D eigenvalue weighted by atomic mass is 10.1. The largest absolute Gasteiger partial charge is 0.384 e. The molecule has 2 rings (SSSR count). The number of aryl methyl sites for hydroxylation is 1. The molecule has 0 aliphatic rings. The Balaban J connectivity index is 2.33. The van der Waals surface area contributed by atoms with E-state index in [9.17, 15) is 9.18 Å². The molecule has 0 spiro atoms. The van der Waals surface area contributed by atoms with E-state index < -0.39 is 0 Å². The van der Waals surface area contributed by atoms with Crippen LogP contribution in [-0.4, -0.2) is 17.9 Å². The molecule has 0 saturated carbocycles. The van der Waals surface area contributed by atoms with Gasteiger partial charge >= 0.3 is 0 Å². The minimum absolute atomic E-state index is 0.251. The van der Waals surface area contributed by atoms with Crippen LogP contribution in [0.1, 0.15) is 23.0 Å². The van der Waals surface area contributed by atoms with Crippen LogP contribution in [0.2, 0.25) is 0 Å². The molecule has 0 fully saturated rings. The van der Waals surface area contributed by atoms with E-state index in [1.165, 1.54) is 23.1 Å². The highest BCUT2D eigenvalue weighted by atomic mass is 19.1. The minimum Gasteiger partial charge on any atom is -0.384 e. The smallest absolute Gasteiger partial charge is 0.258 e. The summed E-state index contributed by atoms with van der Waals surface area (Å²) >= 11 is 0. The van der Waals surface area contributed by atoms with Gasteiger partial charge in [0.15, 0.2) is 0 Å². The van der Waals surface area contributed by atoms with Gasteiger partial charge in [0.05, 0.1) is 0 Å². The van der Waals surface area contributed by atoms with Crippen molar-refractivity contribution in [2.75, 3.05) is 17.7 Å². The number of carbonyl (C=O) groups is 1. The molecule has 104 valence electrons. The molecular weight excluding hydrogens is 257 g/mol. The Morgan fingerprint density at radius 3 is 2.75 bits per heavy atom. The molecule has 0 aliphatic heterocycles. The predicted molar refractivity (Wildman–Crippen MR) is 77.2 cm³/mol. The molecule has 0 saturated heterocycles. The number of amides is 1. The summed E-state index contributed by atoms with van der Waals surface area (Å²) in [5, 5.41) is 0. The summed E-state index contributed by atoms with van der Waals surface area (Å²) in [4.78, 5) is 17.9. The molecule has 1 aromatic heterocycles. The van der Waals surface area contributed by atoms with Crippen LogP contribution in [-0.2, 0) is 6.42 Å². The summed E-state index contributed by atoms with van der Waals surface area (Å²) in [6, 6.07) is 9.11. The van der Waals surface area contributed by atoms with Crippen molar-refractivity contribution in [3.05, 3.63) is 53.5 Å². The van der Waals surface area contributed by atoms with Crippen LogP contribution >= 0.6 is 0 Å². The normalized spacial score (nSPS) is 10.3. The van der Waals surface area contributed by atoms with E-state index in [0.29, 0.717) is 23.5 Å². The van der Waals surface area contributed by atoms with Gasteiger partial charge in [0.25, 0.3) is 5.91 Å². The average Bonchev–Trinajstić information content (AvgIpc) is 2.45. The van der Waals surface area contributed by atoms with Gasteiger partial charge in [0.2, 0.25) is 0 Å². The molecular formula is C15H16FN3O. The highest BCUT2D eigenvalue weighted by Crippen LogP contribution is 2.18. The molecule has 0 bridgehead atoms. The summed E-state index contributed by atoms with van der Waals surface area (Å²) in [7, 11) is 1.60. The third-order valence-corrected chi connectivity index (χ3v) is 3.01. The quantitative estimate of drug-likeness (QED) is 0.935. The van der Waals surface area contributed by atoms with E-state index in [2.05, 4.69) is 4.98 Å². The van der Waals surface area contributed by atoms with Crippen LogP contribution in [0.3, 0.4) is 0 Å². The molecule has 2 aromatic rings. The number of aromatic nitrogens is 1. The number of nitrogen functional groups attached to an aromatic ring is 1. The number of anilines is 2. The molecule has 5 heteroatoms. The topological polar surface area (TPSA) is 59.2 Å². The molecule has 2 N–H and O–H groups in total. The summed E-state index contributed by atoms with van der Waals surface area (Å²) in [5.41, 5.74) is 7.38. The number of hydrogen-bond acceptors (Lipinski definition) is 3. The average molecular weight is 273 g/mol. The number of hydrogen-bond donors (Lipinski definition) is 1. The fourth-order valence-electron chi connectivity index (χ4n) is 1.91. The van der Waals surface area contributed by atoms with Gasteiger partial charge in [0.1, 0.15) is 11.6 Å². The first-order valence-electron chi connectivity index (χ1n) is 6.31. The van der Waals surface area contributed by atoms with Crippen LogP contribution in [0.5, 0.6) is 0 Å². The van der Waals surface area contributed by atoms with Crippen LogP contribution in [0.15, 0.2) is 36.4 Å². The first-order chi connectivity index (χ1) is 9.51. The highest BCUT2D eigenvalue weighted by Gasteiger charge is 2.15. The van der Waals surface area contributed by atoms with Gasteiger partial charge in [-0.15, -0.1) is 0 Å². The van der Waals surface area contributed by atoms with Gasteiger partial charge < -0.3 is 10.6 Å². The van der Waals surface area contributed by atoms with Crippen molar-refractivity contribution < 1.29 is 9.18 Å². The van der Waals surface area contributed by atoms with E-state index in [1.807, 2.05) is 6.92 Å². The Hall–Kier alpha value is -2.43. The molecule has 20 heavy (non-hydrogen) atoms. The van der Waals surface area contributed by atoms with Gasteiger partial charge in [-0.25, -0.2) is 9.37 Å². The van der Waals surface area contributed by atoms with Gasteiger partial charge in [-0.2, -0.15) is 0 Å². The van der Waals surface area contributed by atoms with E-state index in [0.717, 1.165) is 5.69 Å². The van der Waals surface area contributed by atoms with Gasteiger partial charge in [-0.05, 0) is 36.8 Å². The molecule has 1 heterocycles. The Kier molecular flexibility index (Phi) is 3.98. The van der Waals surface area contributed by atoms with Gasteiger partial charge in [0, 0.05) is 24.0 Å². The Morgan fingerprint density at radius 2 is 2.10 bits per heavy atom. The van der Waals surface area contributed by atoms with E-state index in [1.54, 1.807) is 25.2 Å². The van der Waals surface area contributed by atoms with Crippen molar-refractivity contribution in [3.63, 3.8) is 0 Å². The van der Waals surface area contributed by atoms with E-state index in [-0.39, 0.29) is 11.7 Å². The fraction of sp³-hybridized carbons (Fsp3) is 0.200. The Morgan fingerprint density at radius 1 is 1.35 bits per heavy atom. The molecule has 4 nitrogen and oxygen atoms in total. The second-order valence-corrected chi connectivity index (χ2v) is 4.47. The number of benzene rings is 1. The van der Waals surface area contributed by atoms with Gasteiger partial charge in [-0.3, -0.25) is 4.79 Å². The van der Waals surface area contributed by atoms with Crippen molar-refractivity contribution in [2.45, 2.75) is 13.3 Å². The van der Waals surface area contributed by atoms with Crippen molar-refractivity contribution >= 4 is 17.4 Å². The second-order valence-electron chi connectivity index (χ2n) is 4.47. The van der Waals surface area contributed by atoms with Gasteiger partial charge in [-0.1, -0.05) is 13.0 Å². The molecule has 1 amide bonds. The fourth-order valence-corrected chi connectivity index (χ4v) is 1.91. The third kappa shape index (κ3) is 2.93. The Bertz CT molecular complexity index is 643. The predicted octanol–water partition coefficient (Wildman–Crippen LogP) is 2.64. The number of pyridine rings is 1. The first-order valence-corrected chi connectivity index (χ1v) is 6.31. The van der Waals surface area contributed by atoms with Crippen LogP contribution in [0, 0.1) is 5.82 Å². The number of rotatable bonds is 3. The summed E-state index contributed by atoms with van der Waals surface area (Å²) < 4.78 is 13.2. The van der Waals surface area contributed by atoms with Crippen LogP contribution in [0.4, 0.5) is 15.9 Å². The van der Waals surface area contributed by atoms with Crippen molar-refractivity contribution in [1.29, 1.82) is 0 Å². The highest BCUT2D eigenvalue weighted by molar-refractivity contribution is 6.06. The summed E-state index contributed by atoms with van der Waals surface area (Å²) in [6.45, 7) is 1.94. The zero-order chi connectivity index (χ0) is 14.7. The monoisotopic (exact) mass is 273 g/mol. The molecule has 0 unspecified atom stereocenters. The van der Waals surface area contributed by atoms with E-state index >= 15 is 0 Å². The maximum atomic E-state index is 13.2. The molecule has 1 aromatic carbocycles. The first kappa shape index (κ1) is 14.0. The third-order valence-electron chi connectivity index (χ3n) is 3.01. The Labute approximate surface area is 117 Å². The van der Waals surface area contributed by atoms with E-state index in [4.69, 9.17) is 5.73 Å². The van der Waals surface area contributed by atoms with Crippen LogP contribution < -0.4 is 10.6 Å². The maximum Gasteiger partial charge on any atom is 0.258 e. The zero-order valence-electron chi connectivity index (χ0n) is 11.4. The molecule has 0 aliphatic carbocycles. The second kappa shape index (κ2) is 5.69. The van der Waals surface area contributed by atoms with Crippen LogP contribution in [0.25, 0.3) is 0 Å². The number of halogens is 1. The lowest BCUT2D eigenvalue weighted by Gasteiger charge is -2.18. The number of nitrogens with zero attached hydrogens (tertiary/aromatic N) is 2. The minimum atomic E-state index is -0.384.